The lowest BCUT2D eigenvalue weighted by Gasteiger charge is -2.17. The summed E-state index contributed by atoms with van der Waals surface area (Å²) in [6.45, 7) is 2.51. The predicted octanol–water partition coefficient (Wildman–Crippen LogP) is 1.33. The Morgan fingerprint density at radius 3 is 2.83 bits per heavy atom. The van der Waals surface area contributed by atoms with Gasteiger partial charge in [0.2, 0.25) is 5.91 Å². The van der Waals surface area contributed by atoms with Gasteiger partial charge in [-0.3, -0.25) is 14.5 Å². The number of thiophene rings is 1. The minimum absolute atomic E-state index is 0.00891. The van der Waals surface area contributed by atoms with Crippen molar-refractivity contribution in [3.63, 3.8) is 0 Å². The fourth-order valence-corrected chi connectivity index (χ4v) is 2.24. The van der Waals surface area contributed by atoms with E-state index < -0.39 is 5.97 Å². The molecule has 100 valence electrons. The number of hydrogen-bond donors (Lipinski definition) is 2. The van der Waals surface area contributed by atoms with Crippen LogP contribution in [0.5, 0.6) is 0 Å². The highest BCUT2D eigenvalue weighted by Gasteiger charge is 2.12. The van der Waals surface area contributed by atoms with Crippen LogP contribution in [0.25, 0.3) is 0 Å². The summed E-state index contributed by atoms with van der Waals surface area (Å²) in [4.78, 5) is 24.9. The molecule has 0 radical (unpaired) electrons. The van der Waals surface area contributed by atoms with Crippen LogP contribution < -0.4 is 5.32 Å². The second-order valence-electron chi connectivity index (χ2n) is 4.19. The molecule has 2 N–H and O–H groups in total. The van der Waals surface area contributed by atoms with Gasteiger partial charge in [-0.1, -0.05) is 6.07 Å². The van der Waals surface area contributed by atoms with Crippen LogP contribution in [-0.2, 0) is 9.59 Å². The van der Waals surface area contributed by atoms with Gasteiger partial charge >= 0.3 is 5.97 Å². The van der Waals surface area contributed by atoms with E-state index in [1.165, 1.54) is 0 Å². The Bertz CT molecular complexity index is 392. The summed E-state index contributed by atoms with van der Waals surface area (Å²) in [6, 6.07) is 3.91. The van der Waals surface area contributed by atoms with Gasteiger partial charge in [0.15, 0.2) is 0 Å². The van der Waals surface area contributed by atoms with E-state index in [1.807, 2.05) is 24.4 Å². The van der Waals surface area contributed by atoms with E-state index in [4.69, 9.17) is 5.11 Å². The summed E-state index contributed by atoms with van der Waals surface area (Å²) in [6.07, 6.45) is 0.0459. The normalized spacial score (nSPS) is 12.4. The fraction of sp³-hybridized carbons (Fsp3) is 0.500. The topological polar surface area (TPSA) is 69.6 Å². The number of amides is 1. The van der Waals surface area contributed by atoms with E-state index >= 15 is 0 Å². The molecule has 1 aromatic heterocycles. The molecule has 18 heavy (non-hydrogen) atoms. The molecule has 0 aliphatic heterocycles. The van der Waals surface area contributed by atoms with Crippen molar-refractivity contribution in [3.8, 4) is 0 Å². The van der Waals surface area contributed by atoms with Gasteiger partial charge in [0.25, 0.3) is 0 Å². The zero-order chi connectivity index (χ0) is 13.5. The highest BCUT2D eigenvalue weighted by molar-refractivity contribution is 7.10. The van der Waals surface area contributed by atoms with Gasteiger partial charge in [0.1, 0.15) is 0 Å². The number of carbonyl (C=O) groups is 2. The third-order valence-corrected chi connectivity index (χ3v) is 3.52. The SMILES string of the molecule is CC(NC(=O)CN(C)CCC(=O)O)c1cccs1. The predicted molar refractivity (Wildman–Crippen MR) is 70.6 cm³/mol. The van der Waals surface area contributed by atoms with Crippen LogP contribution in [0.1, 0.15) is 24.3 Å². The van der Waals surface area contributed by atoms with Crippen molar-refractivity contribution in [2.75, 3.05) is 20.1 Å². The van der Waals surface area contributed by atoms with Crippen LogP contribution in [-0.4, -0.2) is 42.0 Å². The van der Waals surface area contributed by atoms with E-state index in [-0.39, 0.29) is 24.9 Å². The van der Waals surface area contributed by atoms with Crippen molar-refractivity contribution < 1.29 is 14.7 Å². The number of aliphatic carboxylic acids is 1. The van der Waals surface area contributed by atoms with Crippen molar-refractivity contribution in [1.29, 1.82) is 0 Å². The molecule has 0 saturated heterocycles. The van der Waals surface area contributed by atoms with E-state index in [9.17, 15) is 9.59 Å². The highest BCUT2D eigenvalue weighted by atomic mass is 32.1. The standard InChI is InChI=1S/C12H18N2O3S/c1-9(10-4-3-7-18-10)13-11(15)8-14(2)6-5-12(16)17/h3-4,7,9H,5-6,8H2,1-2H3,(H,13,15)(H,16,17). The van der Waals surface area contributed by atoms with E-state index in [0.29, 0.717) is 6.54 Å². The third-order valence-electron chi connectivity index (χ3n) is 2.47. The molecule has 1 heterocycles. The van der Waals surface area contributed by atoms with Gasteiger partial charge in [-0.05, 0) is 25.4 Å². The summed E-state index contributed by atoms with van der Waals surface area (Å²) in [5, 5.41) is 13.4. The van der Waals surface area contributed by atoms with Gasteiger partial charge in [0.05, 0.1) is 19.0 Å². The lowest BCUT2D eigenvalue weighted by atomic mass is 10.2. The third kappa shape index (κ3) is 5.29. The number of nitrogens with zero attached hydrogens (tertiary/aromatic N) is 1. The van der Waals surface area contributed by atoms with E-state index in [0.717, 1.165) is 4.88 Å². The van der Waals surface area contributed by atoms with Crippen molar-refractivity contribution in [3.05, 3.63) is 22.4 Å². The summed E-state index contributed by atoms with van der Waals surface area (Å²) >= 11 is 1.60. The minimum atomic E-state index is -0.853. The van der Waals surface area contributed by atoms with Gasteiger partial charge in [-0.2, -0.15) is 0 Å². The number of nitrogens with one attached hydrogen (secondary N) is 1. The van der Waals surface area contributed by atoms with Crippen LogP contribution in [0, 0.1) is 0 Å². The summed E-state index contributed by atoms with van der Waals surface area (Å²) in [5.74, 6) is -0.946. The summed E-state index contributed by atoms with van der Waals surface area (Å²) < 4.78 is 0. The molecule has 1 rings (SSSR count). The molecule has 5 nitrogen and oxygen atoms in total. The molecule has 0 aliphatic carbocycles. The molecule has 6 heteroatoms. The Hall–Kier alpha value is -1.40. The fourth-order valence-electron chi connectivity index (χ4n) is 1.51. The molecule has 1 amide bonds. The smallest absolute Gasteiger partial charge is 0.304 e. The maximum atomic E-state index is 11.7. The molecule has 1 atom stereocenters. The van der Waals surface area contributed by atoms with Gasteiger partial charge in [-0.15, -0.1) is 11.3 Å². The Morgan fingerprint density at radius 1 is 1.56 bits per heavy atom. The van der Waals surface area contributed by atoms with Crippen LogP contribution in [0.3, 0.4) is 0 Å². The minimum Gasteiger partial charge on any atom is -0.481 e. The van der Waals surface area contributed by atoms with Crippen molar-refractivity contribution >= 4 is 23.2 Å². The van der Waals surface area contributed by atoms with E-state index in [1.54, 1.807) is 23.3 Å². The molecule has 0 spiro atoms. The number of rotatable bonds is 7. The van der Waals surface area contributed by atoms with Gasteiger partial charge < -0.3 is 10.4 Å². The number of likely N-dealkylation sites (N-methyl/N-ethyl adjacent to an activating group) is 1. The van der Waals surface area contributed by atoms with Crippen molar-refractivity contribution in [1.82, 2.24) is 10.2 Å². The first kappa shape index (κ1) is 14.7. The first-order valence-electron chi connectivity index (χ1n) is 5.72. The molecule has 0 aliphatic rings. The zero-order valence-corrected chi connectivity index (χ0v) is 11.4. The molecule has 1 aromatic rings. The molecule has 0 bridgehead atoms. The lowest BCUT2D eigenvalue weighted by molar-refractivity contribution is -0.137. The molecule has 1 unspecified atom stereocenters. The van der Waals surface area contributed by atoms with Crippen LogP contribution >= 0.6 is 11.3 Å². The average molecular weight is 270 g/mol. The summed E-state index contributed by atoms with van der Waals surface area (Å²) in [5.41, 5.74) is 0. The number of carboxylic acids is 1. The molecule has 0 aromatic carbocycles. The quantitative estimate of drug-likeness (QED) is 0.784. The summed E-state index contributed by atoms with van der Waals surface area (Å²) in [7, 11) is 1.73. The highest BCUT2D eigenvalue weighted by Crippen LogP contribution is 2.17. The lowest BCUT2D eigenvalue weighted by Crippen LogP contribution is -2.37. The second kappa shape index (κ2) is 7.13. The first-order valence-corrected chi connectivity index (χ1v) is 6.60. The van der Waals surface area contributed by atoms with Crippen LogP contribution in [0.15, 0.2) is 17.5 Å². The molecular weight excluding hydrogens is 252 g/mol. The number of carbonyl (C=O) groups excluding carboxylic acids is 1. The van der Waals surface area contributed by atoms with Gasteiger partial charge in [0, 0.05) is 11.4 Å². The number of carboxylic acid groups (broad SMARTS) is 1. The second-order valence-corrected chi connectivity index (χ2v) is 5.17. The first-order chi connectivity index (χ1) is 8.49. The van der Waals surface area contributed by atoms with Gasteiger partial charge in [-0.25, -0.2) is 0 Å². The maximum absolute atomic E-state index is 11.7. The number of hydrogen-bond acceptors (Lipinski definition) is 4. The van der Waals surface area contributed by atoms with Crippen LogP contribution in [0.2, 0.25) is 0 Å². The van der Waals surface area contributed by atoms with E-state index in [2.05, 4.69) is 5.32 Å². The molecule has 0 saturated carbocycles. The largest absolute Gasteiger partial charge is 0.481 e. The Morgan fingerprint density at radius 2 is 2.28 bits per heavy atom. The van der Waals surface area contributed by atoms with Crippen LogP contribution in [0.4, 0.5) is 0 Å². The Kier molecular flexibility index (Phi) is 5.80. The molecule has 0 fully saturated rings. The van der Waals surface area contributed by atoms with Crippen molar-refractivity contribution in [2.24, 2.45) is 0 Å². The maximum Gasteiger partial charge on any atom is 0.304 e. The Labute approximate surface area is 110 Å². The molecular formula is C12H18N2O3S. The Balaban J connectivity index is 2.30. The monoisotopic (exact) mass is 270 g/mol. The van der Waals surface area contributed by atoms with Crippen molar-refractivity contribution in [2.45, 2.75) is 19.4 Å². The average Bonchev–Trinajstić information content (AvgIpc) is 2.79. The zero-order valence-electron chi connectivity index (χ0n) is 10.5.